The Bertz CT molecular complexity index is 542. The van der Waals surface area contributed by atoms with Gasteiger partial charge in [0.2, 0.25) is 5.91 Å². The van der Waals surface area contributed by atoms with Gasteiger partial charge in [0.15, 0.2) is 0 Å². The van der Waals surface area contributed by atoms with Gasteiger partial charge in [0.25, 0.3) is 0 Å². The van der Waals surface area contributed by atoms with Crippen molar-refractivity contribution in [3.05, 3.63) is 50.9 Å². The van der Waals surface area contributed by atoms with Gasteiger partial charge in [0.05, 0.1) is 6.54 Å². The highest BCUT2D eigenvalue weighted by Gasteiger charge is 2.23. The molecule has 2 rings (SSSR count). The van der Waals surface area contributed by atoms with Crippen molar-refractivity contribution in [2.45, 2.75) is 12.5 Å². The Labute approximate surface area is 120 Å². The first-order valence-corrected chi connectivity index (χ1v) is 7.70. The first kappa shape index (κ1) is 14.0. The number of amides is 1. The standard InChI is InChI=1S/C14H15NO2S2/c1-14(17,12-5-7-19-9-12)10-15-13(16)3-2-11-4-6-18-8-11/h2-9,17H,10H2,1H3,(H,15,16)/b3-2+. The van der Waals surface area contributed by atoms with Crippen LogP contribution in [-0.2, 0) is 10.4 Å². The van der Waals surface area contributed by atoms with Gasteiger partial charge in [-0.2, -0.15) is 22.7 Å². The first-order chi connectivity index (χ1) is 9.08. The second-order valence-electron chi connectivity index (χ2n) is 4.39. The van der Waals surface area contributed by atoms with E-state index in [9.17, 15) is 9.90 Å². The molecule has 3 nitrogen and oxygen atoms in total. The molecule has 0 aliphatic rings. The Morgan fingerprint density at radius 1 is 1.37 bits per heavy atom. The lowest BCUT2D eigenvalue weighted by atomic mass is 9.99. The van der Waals surface area contributed by atoms with Gasteiger partial charge in [0.1, 0.15) is 5.60 Å². The van der Waals surface area contributed by atoms with Crippen LogP contribution >= 0.6 is 22.7 Å². The number of hydrogen-bond acceptors (Lipinski definition) is 4. The maximum atomic E-state index is 11.7. The number of aliphatic hydroxyl groups is 1. The monoisotopic (exact) mass is 293 g/mol. The van der Waals surface area contributed by atoms with E-state index in [1.807, 2.05) is 33.7 Å². The van der Waals surface area contributed by atoms with Crippen LogP contribution in [0, 0.1) is 0 Å². The Morgan fingerprint density at radius 3 is 2.74 bits per heavy atom. The molecule has 19 heavy (non-hydrogen) atoms. The lowest BCUT2D eigenvalue weighted by Gasteiger charge is -2.22. The summed E-state index contributed by atoms with van der Waals surface area (Å²) in [5, 5.41) is 20.7. The third-order valence-corrected chi connectivity index (χ3v) is 4.10. The molecule has 1 amide bonds. The van der Waals surface area contributed by atoms with Crippen molar-refractivity contribution >= 4 is 34.7 Å². The summed E-state index contributed by atoms with van der Waals surface area (Å²) >= 11 is 3.11. The SMILES string of the molecule is CC(O)(CNC(=O)/C=C/c1ccsc1)c1ccsc1. The average Bonchev–Trinajstić information content (AvgIpc) is 3.06. The van der Waals surface area contributed by atoms with Crippen LogP contribution in [0.1, 0.15) is 18.1 Å². The van der Waals surface area contributed by atoms with Crippen LogP contribution in [0.5, 0.6) is 0 Å². The molecule has 0 bridgehead atoms. The molecule has 0 fully saturated rings. The fraction of sp³-hybridized carbons (Fsp3) is 0.214. The van der Waals surface area contributed by atoms with Gasteiger partial charge < -0.3 is 10.4 Å². The zero-order valence-corrected chi connectivity index (χ0v) is 12.1. The van der Waals surface area contributed by atoms with Crippen LogP contribution in [0.2, 0.25) is 0 Å². The van der Waals surface area contributed by atoms with E-state index in [1.165, 1.54) is 17.4 Å². The minimum absolute atomic E-state index is 0.191. The molecule has 0 aromatic carbocycles. The van der Waals surface area contributed by atoms with Crippen molar-refractivity contribution in [3.8, 4) is 0 Å². The smallest absolute Gasteiger partial charge is 0.244 e. The van der Waals surface area contributed by atoms with Crippen molar-refractivity contribution in [3.63, 3.8) is 0 Å². The first-order valence-electron chi connectivity index (χ1n) is 5.81. The zero-order chi connectivity index (χ0) is 13.7. The topological polar surface area (TPSA) is 49.3 Å². The molecule has 0 saturated carbocycles. The largest absolute Gasteiger partial charge is 0.384 e. The molecule has 2 aromatic rings. The predicted octanol–water partition coefficient (Wildman–Crippen LogP) is 2.85. The van der Waals surface area contributed by atoms with E-state index in [1.54, 1.807) is 24.3 Å². The summed E-state index contributed by atoms with van der Waals surface area (Å²) in [5.74, 6) is -0.207. The fourth-order valence-electron chi connectivity index (χ4n) is 1.53. The summed E-state index contributed by atoms with van der Waals surface area (Å²) in [5.41, 5.74) is 0.788. The van der Waals surface area contributed by atoms with Crippen molar-refractivity contribution < 1.29 is 9.90 Å². The summed E-state index contributed by atoms with van der Waals surface area (Å²) < 4.78 is 0. The minimum Gasteiger partial charge on any atom is -0.384 e. The minimum atomic E-state index is -1.04. The van der Waals surface area contributed by atoms with Gasteiger partial charge in [-0.1, -0.05) is 0 Å². The van der Waals surface area contributed by atoms with Crippen molar-refractivity contribution in [2.75, 3.05) is 6.54 Å². The molecule has 2 aromatic heterocycles. The predicted molar refractivity (Wildman–Crippen MR) is 80.3 cm³/mol. The van der Waals surface area contributed by atoms with Gasteiger partial charge in [-0.15, -0.1) is 0 Å². The van der Waals surface area contributed by atoms with Gasteiger partial charge in [-0.3, -0.25) is 4.79 Å². The molecule has 0 radical (unpaired) electrons. The van der Waals surface area contributed by atoms with E-state index >= 15 is 0 Å². The molecule has 2 N–H and O–H groups in total. The van der Waals surface area contributed by atoms with Crippen molar-refractivity contribution in [1.82, 2.24) is 5.32 Å². The van der Waals surface area contributed by atoms with Crippen molar-refractivity contribution in [1.29, 1.82) is 0 Å². The third kappa shape index (κ3) is 4.02. The van der Waals surface area contributed by atoms with E-state index in [2.05, 4.69) is 5.32 Å². The molecule has 100 valence electrons. The molecule has 0 spiro atoms. The highest BCUT2D eigenvalue weighted by molar-refractivity contribution is 7.08. The summed E-state index contributed by atoms with van der Waals surface area (Å²) in [6.45, 7) is 1.88. The normalized spacial score (nSPS) is 14.4. The van der Waals surface area contributed by atoms with Gasteiger partial charge in [0, 0.05) is 6.08 Å². The Morgan fingerprint density at radius 2 is 2.11 bits per heavy atom. The molecule has 0 aliphatic heterocycles. The second-order valence-corrected chi connectivity index (χ2v) is 5.95. The van der Waals surface area contributed by atoms with E-state index in [0.717, 1.165) is 11.1 Å². The molecule has 5 heteroatoms. The van der Waals surface area contributed by atoms with Crippen LogP contribution in [0.25, 0.3) is 6.08 Å². The molecule has 2 heterocycles. The van der Waals surface area contributed by atoms with Gasteiger partial charge in [-0.25, -0.2) is 0 Å². The number of thiophene rings is 2. The second kappa shape index (κ2) is 6.14. The maximum Gasteiger partial charge on any atom is 0.244 e. The average molecular weight is 293 g/mol. The van der Waals surface area contributed by atoms with Gasteiger partial charge >= 0.3 is 0 Å². The van der Waals surface area contributed by atoms with E-state index in [4.69, 9.17) is 0 Å². The molecule has 0 saturated heterocycles. The molecule has 0 aliphatic carbocycles. The third-order valence-electron chi connectivity index (χ3n) is 2.72. The molecular formula is C14H15NO2S2. The van der Waals surface area contributed by atoms with Crippen LogP contribution in [-0.4, -0.2) is 17.6 Å². The highest BCUT2D eigenvalue weighted by Crippen LogP contribution is 2.21. The number of carbonyl (C=O) groups excluding carboxylic acids is 1. The molecule has 1 unspecified atom stereocenters. The Hall–Kier alpha value is -1.43. The summed E-state index contributed by atoms with van der Waals surface area (Å²) in [4.78, 5) is 11.7. The Balaban J connectivity index is 1.87. The van der Waals surface area contributed by atoms with Crippen LogP contribution in [0.4, 0.5) is 0 Å². The molecule has 1 atom stereocenters. The summed E-state index contributed by atoms with van der Waals surface area (Å²) in [6, 6.07) is 3.80. The number of nitrogens with one attached hydrogen (secondary N) is 1. The van der Waals surface area contributed by atoms with Gasteiger partial charge in [-0.05, 0) is 57.8 Å². The highest BCUT2D eigenvalue weighted by atomic mass is 32.1. The van der Waals surface area contributed by atoms with E-state index in [0.29, 0.717) is 0 Å². The van der Waals surface area contributed by atoms with E-state index in [-0.39, 0.29) is 12.5 Å². The van der Waals surface area contributed by atoms with Crippen molar-refractivity contribution in [2.24, 2.45) is 0 Å². The lowest BCUT2D eigenvalue weighted by molar-refractivity contribution is -0.117. The quantitative estimate of drug-likeness (QED) is 0.833. The van der Waals surface area contributed by atoms with Crippen LogP contribution < -0.4 is 5.32 Å². The lowest BCUT2D eigenvalue weighted by Crippen LogP contribution is -2.37. The summed E-state index contributed by atoms with van der Waals surface area (Å²) in [7, 11) is 0. The van der Waals surface area contributed by atoms with Crippen LogP contribution in [0.3, 0.4) is 0 Å². The number of hydrogen-bond donors (Lipinski definition) is 2. The number of carbonyl (C=O) groups is 1. The fourth-order valence-corrected chi connectivity index (χ4v) is 2.94. The Kier molecular flexibility index (Phi) is 4.52. The number of rotatable bonds is 5. The zero-order valence-electron chi connectivity index (χ0n) is 10.5. The summed E-state index contributed by atoms with van der Waals surface area (Å²) in [6.07, 6.45) is 3.23. The van der Waals surface area contributed by atoms with Crippen LogP contribution in [0.15, 0.2) is 39.7 Å². The van der Waals surface area contributed by atoms with E-state index < -0.39 is 5.60 Å². The molecular weight excluding hydrogens is 278 g/mol. The maximum absolute atomic E-state index is 11.7.